The molecule has 2 saturated heterocycles. The van der Waals surface area contributed by atoms with Gasteiger partial charge in [-0.1, -0.05) is 23.2 Å². The fraction of sp³-hybridized carbons (Fsp3) is 0.650. The standard InChI is InChI=1S/C20H26Cl2O13/c21-8-1-2-10(9(22)3-8)31-6-13(25)32-7-20(18(30)15(27)12(5-24)34-20)35-19-17(29)16(28)14(26)11(4-23)33-19/h1-3,11-12,14-19,23-24,26-30H,4-7H2/t11-,12-,14-,15-,16+,17-,18+,19-,20+/m1/s1. The first-order valence-corrected chi connectivity index (χ1v) is 11.1. The third-order valence-corrected chi connectivity index (χ3v) is 6.05. The lowest BCUT2D eigenvalue weighted by Crippen LogP contribution is -2.63. The van der Waals surface area contributed by atoms with E-state index in [2.05, 4.69) is 0 Å². The van der Waals surface area contributed by atoms with Crippen LogP contribution < -0.4 is 4.74 Å². The van der Waals surface area contributed by atoms with Gasteiger partial charge in [0.05, 0.1) is 18.2 Å². The molecule has 0 unspecified atom stereocenters. The third-order valence-electron chi connectivity index (χ3n) is 5.52. The number of aliphatic hydroxyl groups is 7. The van der Waals surface area contributed by atoms with Crippen LogP contribution in [-0.2, 0) is 23.7 Å². The molecule has 0 aliphatic carbocycles. The molecule has 2 aliphatic rings. The van der Waals surface area contributed by atoms with Gasteiger partial charge in [0.15, 0.2) is 12.9 Å². The molecule has 1 aromatic rings. The molecular weight excluding hydrogens is 519 g/mol. The second-order valence-corrected chi connectivity index (χ2v) is 8.77. The maximum Gasteiger partial charge on any atom is 0.344 e. The van der Waals surface area contributed by atoms with E-state index in [4.69, 9.17) is 46.9 Å². The van der Waals surface area contributed by atoms with E-state index in [1.165, 1.54) is 18.2 Å². The summed E-state index contributed by atoms with van der Waals surface area (Å²) in [6, 6.07) is 4.30. The Labute approximate surface area is 208 Å². The first-order valence-electron chi connectivity index (χ1n) is 10.4. The van der Waals surface area contributed by atoms with Crippen molar-refractivity contribution in [3.8, 4) is 5.75 Å². The average molecular weight is 545 g/mol. The molecule has 0 bridgehead atoms. The van der Waals surface area contributed by atoms with Crippen molar-refractivity contribution in [3.63, 3.8) is 0 Å². The Balaban J connectivity index is 1.72. The largest absolute Gasteiger partial charge is 0.480 e. The van der Waals surface area contributed by atoms with Crippen LogP contribution in [0.5, 0.6) is 5.75 Å². The van der Waals surface area contributed by atoms with Gasteiger partial charge in [-0.25, -0.2) is 4.79 Å². The van der Waals surface area contributed by atoms with Crippen molar-refractivity contribution in [2.24, 2.45) is 0 Å². The highest BCUT2D eigenvalue weighted by molar-refractivity contribution is 6.35. The van der Waals surface area contributed by atoms with Gasteiger partial charge < -0.3 is 59.4 Å². The fourth-order valence-electron chi connectivity index (χ4n) is 3.57. The number of hydrogen-bond acceptors (Lipinski definition) is 13. The lowest BCUT2D eigenvalue weighted by molar-refractivity contribution is -0.383. The van der Waals surface area contributed by atoms with E-state index in [-0.39, 0.29) is 10.8 Å². The van der Waals surface area contributed by atoms with Crippen LogP contribution >= 0.6 is 23.2 Å². The predicted octanol–water partition coefficient (Wildman–Crippen LogP) is -2.46. The first kappa shape index (κ1) is 28.2. The summed E-state index contributed by atoms with van der Waals surface area (Å²) in [5, 5.41) is 70.3. The first-order chi connectivity index (χ1) is 16.5. The lowest BCUT2D eigenvalue weighted by Gasteiger charge is -2.43. The average Bonchev–Trinajstić information content (AvgIpc) is 3.07. The van der Waals surface area contributed by atoms with Gasteiger partial charge in [-0.05, 0) is 18.2 Å². The second-order valence-electron chi connectivity index (χ2n) is 7.93. The Kier molecular flexibility index (Phi) is 9.53. The molecular formula is C20H26Cl2O13. The van der Waals surface area contributed by atoms with E-state index in [1.807, 2.05) is 0 Å². The minimum atomic E-state index is -2.38. The van der Waals surface area contributed by atoms with Gasteiger partial charge in [-0.3, -0.25) is 0 Å². The van der Waals surface area contributed by atoms with Gasteiger partial charge in [0, 0.05) is 5.02 Å². The molecule has 7 N–H and O–H groups in total. The van der Waals surface area contributed by atoms with E-state index in [0.717, 1.165) is 0 Å². The van der Waals surface area contributed by atoms with Gasteiger partial charge in [-0.15, -0.1) is 0 Å². The Hall–Kier alpha value is -1.33. The zero-order valence-corrected chi connectivity index (χ0v) is 19.5. The number of halogens is 2. The zero-order valence-electron chi connectivity index (χ0n) is 18.0. The second kappa shape index (κ2) is 11.8. The number of ether oxygens (including phenoxy) is 5. The van der Waals surface area contributed by atoms with Gasteiger partial charge in [0.25, 0.3) is 0 Å². The molecule has 2 fully saturated rings. The molecule has 0 aromatic heterocycles. The van der Waals surface area contributed by atoms with Crippen molar-refractivity contribution in [1.29, 1.82) is 0 Å². The molecule has 1 aromatic carbocycles. The minimum Gasteiger partial charge on any atom is -0.480 e. The van der Waals surface area contributed by atoms with Crippen LogP contribution in [0.15, 0.2) is 18.2 Å². The summed E-state index contributed by atoms with van der Waals surface area (Å²) in [5.41, 5.74) is 0. The molecule has 9 atom stereocenters. The van der Waals surface area contributed by atoms with Crippen LogP contribution in [0, 0.1) is 0 Å². The van der Waals surface area contributed by atoms with Crippen molar-refractivity contribution >= 4 is 29.2 Å². The molecule has 15 heteroatoms. The van der Waals surface area contributed by atoms with Gasteiger partial charge in [0.2, 0.25) is 5.79 Å². The summed E-state index contributed by atoms with van der Waals surface area (Å²) >= 11 is 11.8. The van der Waals surface area contributed by atoms with Crippen LogP contribution in [0.2, 0.25) is 10.0 Å². The summed E-state index contributed by atoms with van der Waals surface area (Å²) in [6.07, 6.45) is -13.6. The van der Waals surface area contributed by atoms with E-state index in [0.29, 0.717) is 5.02 Å². The van der Waals surface area contributed by atoms with Gasteiger partial charge in [0.1, 0.15) is 55.1 Å². The SMILES string of the molecule is O=C(COc1ccc(Cl)cc1Cl)OC[C@@]1(O[C@H]2O[C@H](CO)[C@@H](O)[C@H](O)[C@H]2O)O[C@H](CO)[C@@H](O)[C@@H]1O. The number of hydrogen-bond donors (Lipinski definition) is 7. The number of carbonyl (C=O) groups excluding carboxylic acids is 1. The molecule has 2 heterocycles. The zero-order chi connectivity index (χ0) is 25.9. The quantitative estimate of drug-likeness (QED) is 0.161. The monoisotopic (exact) mass is 544 g/mol. The summed E-state index contributed by atoms with van der Waals surface area (Å²) in [7, 11) is 0. The van der Waals surface area contributed by atoms with Crippen LogP contribution in [-0.4, -0.2) is 123 Å². The number of benzene rings is 1. The maximum atomic E-state index is 12.3. The Morgan fingerprint density at radius 3 is 2.26 bits per heavy atom. The summed E-state index contributed by atoms with van der Waals surface area (Å²) in [5.74, 6) is -3.23. The molecule has 0 saturated carbocycles. The summed E-state index contributed by atoms with van der Waals surface area (Å²) in [4.78, 5) is 12.3. The van der Waals surface area contributed by atoms with Crippen molar-refractivity contribution in [1.82, 2.24) is 0 Å². The molecule has 0 spiro atoms. The van der Waals surface area contributed by atoms with E-state index < -0.39 is 87.2 Å². The molecule has 2 aliphatic heterocycles. The highest BCUT2D eigenvalue weighted by atomic mass is 35.5. The van der Waals surface area contributed by atoms with Crippen molar-refractivity contribution in [3.05, 3.63) is 28.2 Å². The normalized spacial score (nSPS) is 37.3. The Morgan fingerprint density at radius 1 is 0.971 bits per heavy atom. The third kappa shape index (κ3) is 6.15. The topological polar surface area (TPSA) is 205 Å². The van der Waals surface area contributed by atoms with Gasteiger partial charge in [-0.2, -0.15) is 0 Å². The molecule has 35 heavy (non-hydrogen) atoms. The highest BCUT2D eigenvalue weighted by Crippen LogP contribution is 2.36. The lowest BCUT2D eigenvalue weighted by atomic mass is 9.99. The van der Waals surface area contributed by atoms with E-state index in [9.17, 15) is 40.5 Å². The fourth-order valence-corrected chi connectivity index (χ4v) is 4.03. The number of rotatable bonds is 9. The Bertz CT molecular complexity index is 873. The van der Waals surface area contributed by atoms with Crippen LogP contribution in [0.4, 0.5) is 0 Å². The van der Waals surface area contributed by atoms with Crippen molar-refractivity contribution < 1.29 is 64.2 Å². The van der Waals surface area contributed by atoms with Crippen molar-refractivity contribution in [2.75, 3.05) is 26.4 Å². The smallest absolute Gasteiger partial charge is 0.344 e. The molecule has 13 nitrogen and oxygen atoms in total. The summed E-state index contributed by atoms with van der Waals surface area (Å²) < 4.78 is 26.5. The van der Waals surface area contributed by atoms with E-state index in [1.54, 1.807) is 0 Å². The van der Waals surface area contributed by atoms with E-state index >= 15 is 0 Å². The molecule has 0 amide bonds. The van der Waals surface area contributed by atoms with Crippen LogP contribution in [0.25, 0.3) is 0 Å². The summed E-state index contributed by atoms with van der Waals surface area (Å²) in [6.45, 7) is -3.04. The number of aliphatic hydroxyl groups excluding tert-OH is 7. The highest BCUT2D eigenvalue weighted by Gasteiger charge is 2.59. The molecule has 0 radical (unpaired) electrons. The predicted molar refractivity (Wildman–Crippen MR) is 114 cm³/mol. The molecule has 198 valence electrons. The molecule has 3 rings (SSSR count). The number of carbonyl (C=O) groups is 1. The Morgan fingerprint density at radius 2 is 1.66 bits per heavy atom. The maximum absolute atomic E-state index is 12.3. The van der Waals surface area contributed by atoms with Crippen molar-refractivity contribution in [2.45, 2.75) is 54.8 Å². The van der Waals surface area contributed by atoms with Gasteiger partial charge >= 0.3 is 5.97 Å². The van der Waals surface area contributed by atoms with Crippen LogP contribution in [0.1, 0.15) is 0 Å². The minimum absolute atomic E-state index is 0.133. The van der Waals surface area contributed by atoms with Crippen LogP contribution in [0.3, 0.4) is 0 Å². The number of esters is 1.